The Morgan fingerprint density at radius 1 is 1.45 bits per heavy atom. The average Bonchev–Trinajstić information content (AvgIpc) is 2.38. The molecule has 0 heterocycles. The van der Waals surface area contributed by atoms with Crippen LogP contribution in [0.4, 0.5) is 11.4 Å². The summed E-state index contributed by atoms with van der Waals surface area (Å²) in [4.78, 5) is 14.1. The molecule has 0 bridgehead atoms. The summed E-state index contributed by atoms with van der Waals surface area (Å²) in [6, 6.07) is 5.39. The summed E-state index contributed by atoms with van der Waals surface area (Å²) in [5.41, 5.74) is 8.04. The summed E-state index contributed by atoms with van der Waals surface area (Å²) in [6.45, 7) is 2.60. The van der Waals surface area contributed by atoms with Gasteiger partial charge in [0.15, 0.2) is 0 Å². The van der Waals surface area contributed by atoms with Crippen LogP contribution in [0.1, 0.15) is 30.1 Å². The molecule has 0 aliphatic heterocycles. The first-order valence-electron chi connectivity index (χ1n) is 6.86. The van der Waals surface area contributed by atoms with Crippen LogP contribution in [-0.2, 0) is 4.74 Å². The van der Waals surface area contributed by atoms with Gasteiger partial charge in [0, 0.05) is 26.8 Å². The van der Waals surface area contributed by atoms with Crippen molar-refractivity contribution in [2.24, 2.45) is 0 Å². The summed E-state index contributed by atoms with van der Waals surface area (Å²) < 4.78 is 5.12. The number of amides is 1. The quantitative estimate of drug-likeness (QED) is 0.748. The molecule has 1 unspecified atom stereocenters. The van der Waals surface area contributed by atoms with Crippen LogP contribution in [0.15, 0.2) is 18.2 Å². The van der Waals surface area contributed by atoms with Gasteiger partial charge in [-0.25, -0.2) is 0 Å². The molecule has 20 heavy (non-hydrogen) atoms. The Hall–Kier alpha value is -1.75. The lowest BCUT2D eigenvalue weighted by molar-refractivity contribution is 0.0891. The molecular formula is C15H25N3O2. The third-order valence-electron chi connectivity index (χ3n) is 3.11. The van der Waals surface area contributed by atoms with Gasteiger partial charge in [-0.3, -0.25) is 4.79 Å². The first kappa shape index (κ1) is 16.3. The first-order chi connectivity index (χ1) is 9.49. The molecule has 1 amide bonds. The fourth-order valence-corrected chi connectivity index (χ4v) is 2.12. The number of nitrogens with two attached hydrogens (primary N) is 1. The van der Waals surface area contributed by atoms with Gasteiger partial charge in [-0.15, -0.1) is 0 Å². The number of nitrogens with one attached hydrogen (secondary N) is 1. The number of carbonyl (C=O) groups is 1. The van der Waals surface area contributed by atoms with Crippen molar-refractivity contribution in [1.29, 1.82) is 0 Å². The fourth-order valence-electron chi connectivity index (χ4n) is 2.12. The van der Waals surface area contributed by atoms with Crippen LogP contribution >= 0.6 is 0 Å². The number of hydrogen-bond acceptors (Lipinski definition) is 4. The topological polar surface area (TPSA) is 67.6 Å². The highest BCUT2D eigenvalue weighted by Gasteiger charge is 2.14. The predicted molar refractivity (Wildman–Crippen MR) is 83.2 cm³/mol. The molecule has 112 valence electrons. The second-order valence-electron chi connectivity index (χ2n) is 5.08. The zero-order chi connectivity index (χ0) is 15.1. The van der Waals surface area contributed by atoms with Gasteiger partial charge >= 0.3 is 0 Å². The molecule has 0 aliphatic rings. The zero-order valence-electron chi connectivity index (χ0n) is 12.8. The third kappa shape index (κ3) is 4.42. The first-order valence-corrected chi connectivity index (χ1v) is 6.86. The number of nitrogens with zero attached hydrogens (tertiary/aromatic N) is 1. The Labute approximate surface area is 121 Å². The Morgan fingerprint density at radius 2 is 2.15 bits per heavy atom. The third-order valence-corrected chi connectivity index (χ3v) is 3.11. The van der Waals surface area contributed by atoms with Crippen molar-refractivity contribution >= 4 is 17.3 Å². The SMILES string of the molecule is CCCC(COC)NC(=O)c1ccc(N(C)C)c(N)c1. The summed E-state index contributed by atoms with van der Waals surface area (Å²) in [5, 5.41) is 2.98. The summed E-state index contributed by atoms with van der Waals surface area (Å²) in [5.74, 6) is -0.113. The van der Waals surface area contributed by atoms with Gasteiger partial charge in [0.05, 0.1) is 24.0 Å². The van der Waals surface area contributed by atoms with Crippen LogP contribution in [-0.4, -0.2) is 39.8 Å². The van der Waals surface area contributed by atoms with E-state index in [1.165, 1.54) is 0 Å². The van der Waals surface area contributed by atoms with E-state index in [-0.39, 0.29) is 11.9 Å². The van der Waals surface area contributed by atoms with Crippen molar-refractivity contribution in [3.8, 4) is 0 Å². The highest BCUT2D eigenvalue weighted by Crippen LogP contribution is 2.22. The molecule has 3 N–H and O–H groups in total. The smallest absolute Gasteiger partial charge is 0.251 e. The molecule has 1 aromatic rings. The number of hydrogen-bond donors (Lipinski definition) is 2. The number of carbonyl (C=O) groups excluding carboxylic acids is 1. The van der Waals surface area contributed by atoms with Crippen LogP contribution in [0, 0.1) is 0 Å². The molecule has 1 atom stereocenters. The van der Waals surface area contributed by atoms with E-state index in [0.717, 1.165) is 18.5 Å². The molecule has 0 fully saturated rings. The maximum absolute atomic E-state index is 12.2. The lowest BCUT2D eigenvalue weighted by Gasteiger charge is -2.19. The second kappa shape index (κ2) is 7.75. The molecule has 1 aromatic carbocycles. The van der Waals surface area contributed by atoms with E-state index in [2.05, 4.69) is 12.2 Å². The number of rotatable bonds is 7. The zero-order valence-corrected chi connectivity index (χ0v) is 12.8. The Kier molecular flexibility index (Phi) is 6.31. The largest absolute Gasteiger partial charge is 0.397 e. The van der Waals surface area contributed by atoms with Gasteiger partial charge in [-0.2, -0.15) is 0 Å². The van der Waals surface area contributed by atoms with E-state index in [4.69, 9.17) is 10.5 Å². The van der Waals surface area contributed by atoms with Crippen molar-refractivity contribution < 1.29 is 9.53 Å². The minimum atomic E-state index is -0.113. The normalized spacial score (nSPS) is 12.0. The van der Waals surface area contributed by atoms with E-state index < -0.39 is 0 Å². The number of nitrogen functional groups attached to an aromatic ring is 1. The molecule has 5 heteroatoms. The average molecular weight is 279 g/mol. The predicted octanol–water partition coefficient (Wildman–Crippen LogP) is 1.88. The van der Waals surface area contributed by atoms with Crippen LogP contribution in [0.25, 0.3) is 0 Å². The maximum Gasteiger partial charge on any atom is 0.251 e. The van der Waals surface area contributed by atoms with Gasteiger partial charge in [-0.05, 0) is 24.6 Å². The summed E-state index contributed by atoms with van der Waals surface area (Å²) in [7, 11) is 5.47. The molecule has 5 nitrogen and oxygen atoms in total. The Bertz CT molecular complexity index is 441. The molecule has 0 radical (unpaired) electrons. The van der Waals surface area contributed by atoms with Crippen molar-refractivity contribution in [2.45, 2.75) is 25.8 Å². The van der Waals surface area contributed by atoms with Crippen molar-refractivity contribution in [2.75, 3.05) is 38.4 Å². The number of ether oxygens (including phenoxy) is 1. The lowest BCUT2D eigenvalue weighted by atomic mass is 10.1. The molecule has 0 aliphatic carbocycles. The van der Waals surface area contributed by atoms with Gasteiger partial charge in [0.2, 0.25) is 0 Å². The number of anilines is 2. The molecule has 1 rings (SSSR count). The second-order valence-corrected chi connectivity index (χ2v) is 5.08. The molecule has 0 saturated carbocycles. The highest BCUT2D eigenvalue weighted by atomic mass is 16.5. The van der Waals surface area contributed by atoms with Crippen LogP contribution in [0.2, 0.25) is 0 Å². The minimum absolute atomic E-state index is 0.0345. The maximum atomic E-state index is 12.2. The van der Waals surface area contributed by atoms with Crippen LogP contribution < -0.4 is 16.0 Å². The van der Waals surface area contributed by atoms with E-state index in [1.807, 2.05) is 25.1 Å². The molecular weight excluding hydrogens is 254 g/mol. The highest BCUT2D eigenvalue weighted by molar-refractivity contribution is 5.96. The summed E-state index contributed by atoms with van der Waals surface area (Å²) in [6.07, 6.45) is 1.89. The Balaban J connectivity index is 2.78. The van der Waals surface area contributed by atoms with Gasteiger partial charge in [-0.1, -0.05) is 13.3 Å². The lowest BCUT2D eigenvalue weighted by Crippen LogP contribution is -2.38. The standard InChI is InChI=1S/C15H25N3O2/c1-5-6-12(10-20-4)17-15(19)11-7-8-14(18(2)3)13(16)9-11/h7-9,12H,5-6,10,16H2,1-4H3,(H,17,19). The summed E-state index contributed by atoms with van der Waals surface area (Å²) >= 11 is 0. The molecule has 0 saturated heterocycles. The van der Waals surface area contributed by atoms with E-state index in [1.54, 1.807) is 19.2 Å². The van der Waals surface area contributed by atoms with Crippen molar-refractivity contribution in [3.05, 3.63) is 23.8 Å². The van der Waals surface area contributed by atoms with E-state index in [9.17, 15) is 4.79 Å². The van der Waals surface area contributed by atoms with Crippen molar-refractivity contribution in [1.82, 2.24) is 5.32 Å². The minimum Gasteiger partial charge on any atom is -0.397 e. The van der Waals surface area contributed by atoms with Gasteiger partial charge < -0.3 is 20.7 Å². The fraction of sp³-hybridized carbons (Fsp3) is 0.533. The number of benzene rings is 1. The van der Waals surface area contributed by atoms with Gasteiger partial charge in [0.1, 0.15) is 0 Å². The van der Waals surface area contributed by atoms with E-state index in [0.29, 0.717) is 17.9 Å². The molecule has 0 spiro atoms. The van der Waals surface area contributed by atoms with Crippen LogP contribution in [0.5, 0.6) is 0 Å². The van der Waals surface area contributed by atoms with E-state index >= 15 is 0 Å². The monoisotopic (exact) mass is 279 g/mol. The number of methoxy groups -OCH3 is 1. The van der Waals surface area contributed by atoms with Crippen LogP contribution in [0.3, 0.4) is 0 Å². The molecule has 0 aromatic heterocycles. The Morgan fingerprint density at radius 3 is 2.65 bits per heavy atom. The van der Waals surface area contributed by atoms with Crippen molar-refractivity contribution in [3.63, 3.8) is 0 Å². The van der Waals surface area contributed by atoms with Gasteiger partial charge in [0.25, 0.3) is 5.91 Å².